The molecule has 1 amide bonds. The van der Waals surface area contributed by atoms with Crippen LogP contribution in [0.3, 0.4) is 0 Å². The van der Waals surface area contributed by atoms with Crippen LogP contribution in [0.25, 0.3) is 17.2 Å². The van der Waals surface area contributed by atoms with Gasteiger partial charge in [-0.05, 0) is 37.1 Å². The summed E-state index contributed by atoms with van der Waals surface area (Å²) >= 11 is 0. The number of halogens is 1. The Kier molecular flexibility index (Phi) is 5.20. The number of carbonyl (C=O) groups excluding carboxylic acids is 1. The number of hydrogen-bond donors (Lipinski definition) is 3. The van der Waals surface area contributed by atoms with Gasteiger partial charge in [-0.1, -0.05) is 12.1 Å². The van der Waals surface area contributed by atoms with Gasteiger partial charge in [0, 0.05) is 31.0 Å². The number of imidazole rings is 1. The minimum atomic E-state index is -0.449. The zero-order valence-corrected chi connectivity index (χ0v) is 16.4. The molecular formula is C21H22FN7O. The quantitative estimate of drug-likeness (QED) is 0.425. The minimum absolute atomic E-state index is 0.129. The first kappa shape index (κ1) is 19.6. The first-order chi connectivity index (χ1) is 14.4. The van der Waals surface area contributed by atoms with Crippen molar-refractivity contribution in [3.63, 3.8) is 0 Å². The van der Waals surface area contributed by atoms with E-state index in [2.05, 4.69) is 15.3 Å². The predicted molar refractivity (Wildman–Crippen MR) is 111 cm³/mol. The zero-order chi connectivity index (χ0) is 21.3. The first-order valence-electron chi connectivity index (χ1n) is 9.48. The summed E-state index contributed by atoms with van der Waals surface area (Å²) in [5.41, 5.74) is 7.96. The summed E-state index contributed by atoms with van der Waals surface area (Å²) in [4.78, 5) is 20.8. The van der Waals surface area contributed by atoms with Crippen LogP contribution in [0.5, 0.6) is 0 Å². The van der Waals surface area contributed by atoms with Gasteiger partial charge in [-0.3, -0.25) is 9.36 Å². The molecule has 1 aliphatic rings. The summed E-state index contributed by atoms with van der Waals surface area (Å²) in [6, 6.07) is 9.92. The van der Waals surface area contributed by atoms with Crippen molar-refractivity contribution in [3.05, 3.63) is 77.8 Å². The molecule has 9 heteroatoms. The maximum atomic E-state index is 14.2. The van der Waals surface area contributed by atoms with Gasteiger partial charge in [-0.2, -0.15) is 0 Å². The minimum Gasteiger partial charge on any atom is -0.396 e. The molecule has 154 valence electrons. The molecule has 0 saturated heterocycles. The summed E-state index contributed by atoms with van der Waals surface area (Å²) in [5, 5.41) is 4.22. The Morgan fingerprint density at radius 1 is 1.23 bits per heavy atom. The molecule has 0 unspecified atom stereocenters. The van der Waals surface area contributed by atoms with Gasteiger partial charge in [0.25, 0.3) is 5.91 Å². The fraction of sp³-hybridized carbons (Fsp3) is 0.190. The fourth-order valence-electron chi connectivity index (χ4n) is 3.06. The van der Waals surface area contributed by atoms with Crippen molar-refractivity contribution in [3.8, 4) is 5.82 Å². The Hall–Kier alpha value is -3.72. The van der Waals surface area contributed by atoms with Crippen LogP contribution in [-0.4, -0.2) is 38.5 Å². The second-order valence-electron chi connectivity index (χ2n) is 7.17. The van der Waals surface area contributed by atoms with Crippen LogP contribution < -0.4 is 16.9 Å². The number of nitrogens with one attached hydrogen (secondary N) is 1. The van der Waals surface area contributed by atoms with Gasteiger partial charge in [-0.15, -0.1) is 0 Å². The van der Waals surface area contributed by atoms with Crippen LogP contribution in [0.2, 0.25) is 0 Å². The molecule has 2 heterocycles. The van der Waals surface area contributed by atoms with E-state index < -0.39 is 5.82 Å². The normalized spacial score (nSPS) is 14.2. The first-order valence-corrected chi connectivity index (χ1v) is 9.48. The molecule has 0 atom stereocenters. The Morgan fingerprint density at radius 2 is 2.00 bits per heavy atom. The summed E-state index contributed by atoms with van der Waals surface area (Å²) in [6.07, 6.45) is 6.82. The molecule has 1 aromatic carbocycles. The smallest absolute Gasteiger partial charge is 0.253 e. The predicted octanol–water partition coefficient (Wildman–Crippen LogP) is 1.89. The van der Waals surface area contributed by atoms with Gasteiger partial charge in [-0.25, -0.2) is 20.2 Å². The largest absolute Gasteiger partial charge is 0.396 e. The second kappa shape index (κ2) is 7.96. The Labute approximate surface area is 173 Å². The number of pyridine rings is 1. The summed E-state index contributed by atoms with van der Waals surface area (Å²) in [5.74, 6) is 5.96. The van der Waals surface area contributed by atoms with Crippen LogP contribution in [-0.2, 0) is 0 Å². The zero-order valence-electron chi connectivity index (χ0n) is 16.4. The third-order valence-corrected chi connectivity index (χ3v) is 4.78. The number of hydrogen-bond acceptors (Lipinski definition) is 6. The number of nitrogens with two attached hydrogens (primary N) is 2. The number of nitrogens with zero attached hydrogens (tertiary/aromatic N) is 4. The number of aromatic nitrogens is 3. The molecule has 4 rings (SSSR count). The van der Waals surface area contributed by atoms with Crippen molar-refractivity contribution in [2.45, 2.75) is 18.9 Å². The molecule has 5 N–H and O–H groups in total. The number of rotatable bonds is 6. The average Bonchev–Trinajstić information content (AvgIpc) is 3.42. The topological polar surface area (TPSA) is 115 Å². The van der Waals surface area contributed by atoms with Gasteiger partial charge in [0.05, 0.1) is 11.3 Å². The monoisotopic (exact) mass is 407 g/mol. The standard InChI is InChI=1S/C21H22FN7O/c1-28(24)20(19(23)15-4-2-3-5-16(15)22)17-11-29(12-26-17)18-9-6-13(10-25-18)21(30)27-14-7-8-14/h2-6,9-12,14H,7-8,23-24H2,1H3,(H,27,30)/b20-19-. The Balaban J connectivity index is 1.62. The van der Waals surface area contributed by atoms with Crippen molar-refractivity contribution < 1.29 is 9.18 Å². The molecule has 30 heavy (non-hydrogen) atoms. The van der Waals surface area contributed by atoms with Gasteiger partial charge >= 0.3 is 0 Å². The molecule has 0 aliphatic heterocycles. The van der Waals surface area contributed by atoms with E-state index in [1.807, 2.05) is 0 Å². The number of benzene rings is 1. The van der Waals surface area contributed by atoms with Gasteiger partial charge < -0.3 is 16.1 Å². The van der Waals surface area contributed by atoms with E-state index in [4.69, 9.17) is 11.6 Å². The van der Waals surface area contributed by atoms with E-state index in [0.29, 0.717) is 22.8 Å². The van der Waals surface area contributed by atoms with E-state index in [1.54, 1.807) is 54.5 Å². The summed E-state index contributed by atoms with van der Waals surface area (Å²) in [6.45, 7) is 0. The summed E-state index contributed by atoms with van der Waals surface area (Å²) in [7, 11) is 1.60. The molecule has 0 spiro atoms. The highest BCUT2D eigenvalue weighted by molar-refractivity contribution is 5.94. The molecule has 1 fully saturated rings. The van der Waals surface area contributed by atoms with E-state index >= 15 is 0 Å². The molecule has 8 nitrogen and oxygen atoms in total. The molecule has 1 aliphatic carbocycles. The highest BCUT2D eigenvalue weighted by atomic mass is 19.1. The molecule has 3 aromatic rings. The van der Waals surface area contributed by atoms with Crippen molar-refractivity contribution >= 4 is 17.3 Å². The number of carbonyl (C=O) groups is 1. The Bertz CT molecular complexity index is 1100. The van der Waals surface area contributed by atoms with Crippen LogP contribution in [0.15, 0.2) is 55.1 Å². The van der Waals surface area contributed by atoms with Gasteiger partial charge in [0.2, 0.25) is 0 Å². The van der Waals surface area contributed by atoms with Crippen molar-refractivity contribution in [2.75, 3.05) is 7.05 Å². The van der Waals surface area contributed by atoms with Crippen LogP contribution in [0, 0.1) is 5.82 Å². The highest BCUT2D eigenvalue weighted by Gasteiger charge is 2.24. The lowest BCUT2D eigenvalue weighted by Gasteiger charge is -2.18. The van der Waals surface area contributed by atoms with E-state index in [0.717, 1.165) is 12.8 Å². The van der Waals surface area contributed by atoms with Crippen LogP contribution in [0.4, 0.5) is 4.39 Å². The van der Waals surface area contributed by atoms with Crippen LogP contribution >= 0.6 is 0 Å². The van der Waals surface area contributed by atoms with E-state index in [-0.39, 0.29) is 23.2 Å². The number of amides is 1. The SMILES string of the molecule is CN(N)/C(=C(\N)c1ccccc1F)c1cn(-c2ccc(C(=O)NC3CC3)cn2)cn1. The van der Waals surface area contributed by atoms with Gasteiger partial charge in [0.1, 0.15) is 29.4 Å². The molecule has 1 saturated carbocycles. The highest BCUT2D eigenvalue weighted by Crippen LogP contribution is 2.25. The Morgan fingerprint density at radius 3 is 2.63 bits per heavy atom. The summed E-state index contributed by atoms with van der Waals surface area (Å²) < 4.78 is 15.9. The third-order valence-electron chi connectivity index (χ3n) is 4.78. The molecule has 0 bridgehead atoms. The maximum Gasteiger partial charge on any atom is 0.253 e. The van der Waals surface area contributed by atoms with Crippen LogP contribution in [0.1, 0.15) is 34.5 Å². The second-order valence-corrected chi connectivity index (χ2v) is 7.17. The number of hydrazine groups is 1. The maximum absolute atomic E-state index is 14.2. The lowest BCUT2D eigenvalue weighted by Crippen LogP contribution is -2.27. The van der Waals surface area contributed by atoms with E-state index in [1.165, 1.54) is 17.3 Å². The molecule has 0 radical (unpaired) electrons. The van der Waals surface area contributed by atoms with Gasteiger partial charge in [0.15, 0.2) is 0 Å². The molecule has 2 aromatic heterocycles. The van der Waals surface area contributed by atoms with E-state index in [9.17, 15) is 9.18 Å². The van der Waals surface area contributed by atoms with Crippen molar-refractivity contribution in [1.82, 2.24) is 24.9 Å². The lowest BCUT2D eigenvalue weighted by atomic mass is 10.1. The average molecular weight is 407 g/mol. The fourth-order valence-corrected chi connectivity index (χ4v) is 3.06. The molecular weight excluding hydrogens is 385 g/mol. The van der Waals surface area contributed by atoms with Crippen molar-refractivity contribution in [1.29, 1.82) is 0 Å². The van der Waals surface area contributed by atoms with Crippen molar-refractivity contribution in [2.24, 2.45) is 11.6 Å². The lowest BCUT2D eigenvalue weighted by molar-refractivity contribution is 0.0950. The third kappa shape index (κ3) is 4.01.